The summed E-state index contributed by atoms with van der Waals surface area (Å²) in [6.07, 6.45) is 2.79. The third-order valence-corrected chi connectivity index (χ3v) is 6.05. The Morgan fingerprint density at radius 3 is 2.55 bits per heavy atom. The molecule has 4 aromatic rings. The van der Waals surface area contributed by atoms with Crippen molar-refractivity contribution in [2.75, 3.05) is 19.6 Å². The van der Waals surface area contributed by atoms with Gasteiger partial charge >= 0.3 is 0 Å². The maximum Gasteiger partial charge on any atom is 0.251 e. The molecule has 0 radical (unpaired) electrons. The average molecular weight is 577 g/mol. The second-order valence-corrected chi connectivity index (χ2v) is 9.00. The number of rotatable bonds is 11. The van der Waals surface area contributed by atoms with Crippen LogP contribution in [0.5, 0.6) is 11.5 Å². The lowest BCUT2D eigenvalue weighted by molar-refractivity contribution is 0.0953. The monoisotopic (exact) mass is 575 g/mol. The van der Waals surface area contributed by atoms with E-state index in [1.165, 1.54) is 0 Å². The highest BCUT2D eigenvalue weighted by Gasteiger charge is 2.10. The van der Waals surface area contributed by atoms with E-state index >= 15 is 0 Å². The number of pyridine rings is 1. The molecule has 38 heavy (non-hydrogen) atoms. The van der Waals surface area contributed by atoms with Crippen molar-refractivity contribution < 1.29 is 14.6 Å². The second-order valence-electron chi connectivity index (χ2n) is 8.57. The van der Waals surface area contributed by atoms with Gasteiger partial charge in [-0.25, -0.2) is 0 Å². The topological polar surface area (TPSA) is 83.5 Å². The van der Waals surface area contributed by atoms with Crippen LogP contribution >= 0.6 is 36.4 Å². The van der Waals surface area contributed by atoms with E-state index in [1.807, 2.05) is 55.5 Å². The number of hydrogen-bond acceptors (Lipinski definition) is 5. The highest BCUT2D eigenvalue weighted by Crippen LogP contribution is 2.29. The second kappa shape index (κ2) is 15.5. The number of carbonyl (C=O) groups excluding carboxylic acids is 1. The van der Waals surface area contributed by atoms with E-state index in [4.69, 9.17) is 16.3 Å². The van der Waals surface area contributed by atoms with Crippen LogP contribution in [0.15, 0.2) is 79.0 Å². The molecule has 3 aromatic carbocycles. The van der Waals surface area contributed by atoms with Crippen LogP contribution in [0.2, 0.25) is 5.02 Å². The van der Waals surface area contributed by atoms with Gasteiger partial charge in [-0.3, -0.25) is 9.78 Å². The molecule has 4 rings (SSSR count). The predicted octanol–water partition coefficient (Wildman–Crippen LogP) is 6.53. The first kappa shape index (κ1) is 31.3. The van der Waals surface area contributed by atoms with Crippen LogP contribution in [0.3, 0.4) is 0 Å². The Balaban J connectivity index is 0.00000253. The molecule has 0 aliphatic rings. The van der Waals surface area contributed by atoms with Gasteiger partial charge in [-0.05, 0) is 79.0 Å². The summed E-state index contributed by atoms with van der Waals surface area (Å²) in [4.78, 5) is 16.7. The van der Waals surface area contributed by atoms with E-state index in [2.05, 4.69) is 15.6 Å². The highest BCUT2D eigenvalue weighted by atomic mass is 35.5. The van der Waals surface area contributed by atoms with Crippen LogP contribution in [0.25, 0.3) is 10.9 Å². The van der Waals surface area contributed by atoms with Crippen molar-refractivity contribution in [3.05, 3.63) is 101 Å². The number of nitrogens with one attached hydrogen (secondary N) is 2. The zero-order valence-corrected chi connectivity index (χ0v) is 23.4. The van der Waals surface area contributed by atoms with E-state index in [-0.39, 0.29) is 30.7 Å². The first-order valence-electron chi connectivity index (χ1n) is 12.1. The fraction of sp³-hybridized carbons (Fsp3) is 0.241. The molecule has 202 valence electrons. The van der Waals surface area contributed by atoms with Crippen LogP contribution in [-0.2, 0) is 6.42 Å². The molecule has 1 aromatic heterocycles. The lowest BCUT2D eigenvalue weighted by atomic mass is 10.1. The minimum atomic E-state index is -0.600. The predicted molar refractivity (Wildman–Crippen MR) is 158 cm³/mol. The molecule has 0 unspecified atom stereocenters. The molecular formula is C29H32Cl3N3O3. The molecule has 0 saturated carbocycles. The Hall–Kier alpha value is -2.87. The van der Waals surface area contributed by atoms with Gasteiger partial charge in [-0.1, -0.05) is 42.8 Å². The largest absolute Gasteiger partial charge is 0.457 e. The van der Waals surface area contributed by atoms with Crippen LogP contribution in [0.1, 0.15) is 40.9 Å². The average Bonchev–Trinajstić information content (AvgIpc) is 2.90. The maximum absolute atomic E-state index is 12.3. The number of nitrogens with zero attached hydrogens (tertiary/aromatic N) is 1. The Morgan fingerprint density at radius 2 is 1.82 bits per heavy atom. The Kier molecular flexibility index (Phi) is 12.8. The summed E-state index contributed by atoms with van der Waals surface area (Å²) in [5, 5.41) is 17.9. The summed E-state index contributed by atoms with van der Waals surface area (Å²) >= 11 is 6.00. The number of hydrogen-bond donors (Lipinski definition) is 3. The number of aliphatic hydroxyl groups excluding tert-OH is 1. The minimum absolute atomic E-state index is 0. The smallest absolute Gasteiger partial charge is 0.251 e. The number of aromatic nitrogens is 1. The SMILES string of the molecule is CCCNC(=O)c1ccc2c(Oc3ccc(CCNC[C@@H](O)c4cccc(Cl)c4)cc3)ccnc2c1.Cl.Cl. The van der Waals surface area contributed by atoms with Crippen molar-refractivity contribution in [2.45, 2.75) is 25.9 Å². The van der Waals surface area contributed by atoms with Crippen molar-refractivity contribution in [2.24, 2.45) is 0 Å². The van der Waals surface area contributed by atoms with Crippen LogP contribution in [0.4, 0.5) is 0 Å². The molecule has 0 saturated heterocycles. The summed E-state index contributed by atoms with van der Waals surface area (Å²) in [7, 11) is 0. The fourth-order valence-electron chi connectivity index (χ4n) is 3.85. The molecule has 0 fully saturated rings. The summed E-state index contributed by atoms with van der Waals surface area (Å²) < 4.78 is 6.13. The van der Waals surface area contributed by atoms with Gasteiger partial charge in [0.25, 0.3) is 5.91 Å². The maximum atomic E-state index is 12.3. The quantitative estimate of drug-likeness (QED) is 0.177. The summed E-state index contributed by atoms with van der Waals surface area (Å²) in [5.74, 6) is 1.31. The van der Waals surface area contributed by atoms with Gasteiger partial charge in [0.2, 0.25) is 0 Å². The molecule has 3 N–H and O–H groups in total. The molecule has 1 amide bonds. The number of amides is 1. The molecule has 0 aliphatic heterocycles. The minimum Gasteiger partial charge on any atom is -0.457 e. The van der Waals surface area contributed by atoms with Gasteiger partial charge in [-0.2, -0.15) is 0 Å². The van der Waals surface area contributed by atoms with Gasteiger partial charge in [0.1, 0.15) is 11.5 Å². The number of carbonyl (C=O) groups is 1. The van der Waals surface area contributed by atoms with Crippen LogP contribution in [-0.4, -0.2) is 35.6 Å². The number of halogens is 3. The summed E-state index contributed by atoms with van der Waals surface area (Å²) in [5.41, 5.74) is 3.25. The standard InChI is InChI=1S/C29H30ClN3O3.2ClH/c1-2-14-33-29(35)22-8-11-25-26(18-22)32-16-13-28(25)36-24-9-6-20(7-10-24)12-15-31-19-27(34)21-4-3-5-23(30)17-21;;/h3-11,13,16-18,27,31,34H,2,12,14-15,19H2,1H3,(H,33,35);2*1H/t27-;;/m1../s1. The molecule has 6 nitrogen and oxygen atoms in total. The number of fused-ring (bicyclic) bond motifs is 1. The van der Waals surface area contributed by atoms with E-state index in [9.17, 15) is 9.90 Å². The zero-order valence-electron chi connectivity index (χ0n) is 21.0. The van der Waals surface area contributed by atoms with Gasteiger partial charge < -0.3 is 20.5 Å². The van der Waals surface area contributed by atoms with Gasteiger partial charge in [-0.15, -0.1) is 24.8 Å². The number of ether oxygens (including phenoxy) is 1. The van der Waals surface area contributed by atoms with E-state index in [0.717, 1.165) is 41.6 Å². The molecule has 0 aliphatic carbocycles. The lowest BCUT2D eigenvalue weighted by Crippen LogP contribution is -2.23. The Labute approximate surface area is 240 Å². The van der Waals surface area contributed by atoms with Crippen molar-refractivity contribution in [1.29, 1.82) is 0 Å². The van der Waals surface area contributed by atoms with E-state index in [1.54, 1.807) is 30.5 Å². The molecular weight excluding hydrogens is 545 g/mol. The molecule has 9 heteroatoms. The van der Waals surface area contributed by atoms with E-state index in [0.29, 0.717) is 34.9 Å². The highest BCUT2D eigenvalue weighted by molar-refractivity contribution is 6.30. The summed E-state index contributed by atoms with van der Waals surface area (Å²) in [6, 6.07) is 22.5. The molecule has 0 bridgehead atoms. The Morgan fingerprint density at radius 1 is 1.03 bits per heavy atom. The molecule has 1 atom stereocenters. The molecule has 0 spiro atoms. The van der Waals surface area contributed by atoms with Gasteiger partial charge in [0, 0.05) is 35.3 Å². The van der Waals surface area contributed by atoms with Crippen molar-refractivity contribution in [3.63, 3.8) is 0 Å². The third kappa shape index (κ3) is 8.58. The number of aliphatic hydroxyl groups is 1. The van der Waals surface area contributed by atoms with E-state index < -0.39 is 6.10 Å². The summed E-state index contributed by atoms with van der Waals surface area (Å²) in [6.45, 7) is 3.86. The van der Waals surface area contributed by atoms with Crippen LogP contribution in [0, 0.1) is 0 Å². The normalized spacial score (nSPS) is 11.2. The van der Waals surface area contributed by atoms with Crippen LogP contribution < -0.4 is 15.4 Å². The first-order chi connectivity index (χ1) is 17.5. The van der Waals surface area contributed by atoms with Gasteiger partial charge in [0.05, 0.1) is 11.6 Å². The van der Waals surface area contributed by atoms with Crippen molar-refractivity contribution in [1.82, 2.24) is 15.6 Å². The van der Waals surface area contributed by atoms with Gasteiger partial charge in [0.15, 0.2) is 0 Å². The first-order valence-corrected chi connectivity index (χ1v) is 12.5. The lowest BCUT2D eigenvalue weighted by Gasteiger charge is -2.13. The molecule has 1 heterocycles. The number of benzene rings is 3. The van der Waals surface area contributed by atoms with Crippen molar-refractivity contribution in [3.8, 4) is 11.5 Å². The Bertz CT molecular complexity index is 1320. The van der Waals surface area contributed by atoms with Crippen molar-refractivity contribution >= 4 is 53.2 Å². The zero-order chi connectivity index (χ0) is 25.3. The fourth-order valence-corrected chi connectivity index (χ4v) is 4.05. The third-order valence-electron chi connectivity index (χ3n) is 5.81.